The van der Waals surface area contributed by atoms with Crippen LogP contribution in [0.1, 0.15) is 22.8 Å². The second-order valence-corrected chi connectivity index (χ2v) is 6.16. The first-order chi connectivity index (χ1) is 13.1. The Hall–Kier alpha value is -2.81. The number of carbonyl (C=O) groups excluding carboxylic acids is 2. The number of benzene rings is 1. The largest absolute Gasteiger partial charge is 0.463 e. The van der Waals surface area contributed by atoms with Gasteiger partial charge in [0.05, 0.1) is 17.2 Å². The lowest BCUT2D eigenvalue weighted by Crippen LogP contribution is -2.69. The van der Waals surface area contributed by atoms with Gasteiger partial charge in [0.2, 0.25) is 0 Å². The maximum Gasteiger partial charge on any atom is 0.441 e. The lowest BCUT2D eigenvalue weighted by molar-refractivity contribution is -0.204. The van der Waals surface area contributed by atoms with Gasteiger partial charge in [0, 0.05) is 6.20 Å². The van der Waals surface area contributed by atoms with Crippen molar-refractivity contribution < 1.29 is 27.5 Å². The Morgan fingerprint density at radius 2 is 1.86 bits per heavy atom. The topological polar surface area (TPSA) is 80.3 Å². The number of halogens is 4. The van der Waals surface area contributed by atoms with E-state index < -0.39 is 23.7 Å². The molecule has 28 heavy (non-hydrogen) atoms. The molecule has 2 aromatic rings. The number of ether oxygens (including phenoxy) is 1. The summed E-state index contributed by atoms with van der Waals surface area (Å²) in [5.74, 6) is -3.23. The zero-order chi connectivity index (χ0) is 20.9. The highest BCUT2D eigenvalue weighted by Gasteiger charge is 2.64. The van der Waals surface area contributed by atoms with E-state index >= 15 is 0 Å². The van der Waals surface area contributed by atoms with E-state index in [0.717, 1.165) is 0 Å². The number of alkyl halides is 3. The molecule has 1 aromatic carbocycles. The Labute approximate surface area is 164 Å². The first-order valence-electron chi connectivity index (χ1n) is 8.12. The summed E-state index contributed by atoms with van der Waals surface area (Å²) in [6, 6.07) is 8.25. The summed E-state index contributed by atoms with van der Waals surface area (Å²) < 4.78 is 46.8. The molecule has 0 unspecified atom stereocenters. The number of aromatic nitrogens is 1. The number of esters is 1. The lowest BCUT2D eigenvalue weighted by Gasteiger charge is -2.35. The third-order valence-corrected chi connectivity index (χ3v) is 3.98. The predicted molar refractivity (Wildman–Crippen MR) is 96.9 cm³/mol. The molecule has 0 radical (unpaired) electrons. The van der Waals surface area contributed by atoms with Crippen LogP contribution >= 0.6 is 11.6 Å². The van der Waals surface area contributed by atoms with Crippen molar-refractivity contribution in [2.75, 3.05) is 11.9 Å². The SMILES string of the molecule is CCOC(=O)[C@](NC(=O)c1ccccc1Cl)(Nc1ccc(C)cn1)C(F)(F)F. The quantitative estimate of drug-likeness (QED) is 0.555. The average Bonchev–Trinajstić information content (AvgIpc) is 2.62. The minimum atomic E-state index is -5.26. The molecule has 1 atom stereocenters. The van der Waals surface area contributed by atoms with Crippen LogP contribution in [0, 0.1) is 6.92 Å². The zero-order valence-electron chi connectivity index (χ0n) is 14.9. The molecule has 2 rings (SSSR count). The molecule has 0 saturated carbocycles. The highest BCUT2D eigenvalue weighted by Crippen LogP contribution is 2.33. The number of amides is 1. The molecule has 0 aliphatic heterocycles. The van der Waals surface area contributed by atoms with Gasteiger partial charge in [-0.1, -0.05) is 29.8 Å². The number of nitrogens with zero attached hydrogens (tertiary/aromatic N) is 1. The second-order valence-electron chi connectivity index (χ2n) is 5.75. The number of carbonyl (C=O) groups is 2. The van der Waals surface area contributed by atoms with Crippen molar-refractivity contribution in [2.24, 2.45) is 0 Å². The van der Waals surface area contributed by atoms with Crippen LogP contribution in [0.15, 0.2) is 42.6 Å². The number of aryl methyl sites for hydroxylation is 1. The fourth-order valence-corrected chi connectivity index (χ4v) is 2.47. The Morgan fingerprint density at radius 3 is 2.39 bits per heavy atom. The average molecular weight is 416 g/mol. The van der Waals surface area contributed by atoms with Crippen LogP contribution in [0.4, 0.5) is 19.0 Å². The number of pyridine rings is 1. The fraction of sp³-hybridized carbons (Fsp3) is 0.278. The third kappa shape index (κ3) is 4.53. The molecule has 150 valence electrons. The van der Waals surface area contributed by atoms with Crippen molar-refractivity contribution in [1.29, 1.82) is 0 Å². The van der Waals surface area contributed by atoms with E-state index in [1.165, 1.54) is 49.5 Å². The summed E-state index contributed by atoms with van der Waals surface area (Å²) in [7, 11) is 0. The van der Waals surface area contributed by atoms with Gasteiger partial charge in [0.1, 0.15) is 5.82 Å². The number of hydrogen-bond acceptors (Lipinski definition) is 5. The summed E-state index contributed by atoms with van der Waals surface area (Å²) in [5.41, 5.74) is -3.11. The van der Waals surface area contributed by atoms with E-state index in [-0.39, 0.29) is 23.0 Å². The van der Waals surface area contributed by atoms with Crippen LogP contribution in [-0.2, 0) is 9.53 Å². The van der Waals surface area contributed by atoms with E-state index in [1.807, 2.05) is 5.32 Å². The summed E-state index contributed by atoms with van der Waals surface area (Å²) in [6.45, 7) is 2.71. The van der Waals surface area contributed by atoms with Gasteiger partial charge in [-0.05, 0) is 37.6 Å². The van der Waals surface area contributed by atoms with Crippen molar-refractivity contribution in [3.8, 4) is 0 Å². The first-order valence-corrected chi connectivity index (χ1v) is 8.50. The minimum absolute atomic E-state index is 0.0756. The third-order valence-electron chi connectivity index (χ3n) is 3.65. The van der Waals surface area contributed by atoms with Gasteiger partial charge in [-0.3, -0.25) is 4.79 Å². The fourth-order valence-electron chi connectivity index (χ4n) is 2.25. The summed E-state index contributed by atoms with van der Waals surface area (Å²) >= 11 is 5.89. The highest BCUT2D eigenvalue weighted by molar-refractivity contribution is 6.33. The molecule has 6 nitrogen and oxygen atoms in total. The summed E-state index contributed by atoms with van der Waals surface area (Å²) in [4.78, 5) is 28.7. The molecule has 0 bridgehead atoms. The van der Waals surface area contributed by atoms with E-state index in [2.05, 4.69) is 9.72 Å². The standard InChI is InChI=1S/C18H17ClF3N3O3/c1-3-28-16(27)17(18(20,21)22,24-14-9-8-11(2)10-23-14)25-15(26)12-6-4-5-7-13(12)19/h4-10H,3H2,1-2H3,(H,23,24)(H,25,26)/t17-/m1/s1. The van der Waals surface area contributed by atoms with Gasteiger partial charge < -0.3 is 15.4 Å². The summed E-state index contributed by atoms with van der Waals surface area (Å²) in [5, 5.41) is 3.60. The molecule has 1 aromatic heterocycles. The van der Waals surface area contributed by atoms with Crippen LogP contribution < -0.4 is 10.6 Å². The van der Waals surface area contributed by atoms with E-state index in [9.17, 15) is 22.8 Å². The van der Waals surface area contributed by atoms with Crippen molar-refractivity contribution in [1.82, 2.24) is 10.3 Å². The number of hydrogen-bond donors (Lipinski definition) is 2. The van der Waals surface area contributed by atoms with Crippen LogP contribution in [0.25, 0.3) is 0 Å². The normalized spacial score (nSPS) is 13.4. The van der Waals surface area contributed by atoms with Crippen molar-refractivity contribution in [3.63, 3.8) is 0 Å². The van der Waals surface area contributed by atoms with Gasteiger partial charge >= 0.3 is 17.8 Å². The minimum Gasteiger partial charge on any atom is -0.463 e. The van der Waals surface area contributed by atoms with Gasteiger partial charge in [-0.2, -0.15) is 13.2 Å². The maximum absolute atomic E-state index is 14.1. The Balaban J connectivity index is 2.52. The molecular weight excluding hydrogens is 399 g/mol. The van der Waals surface area contributed by atoms with Crippen LogP contribution in [0.5, 0.6) is 0 Å². The summed E-state index contributed by atoms with van der Waals surface area (Å²) in [6.07, 6.45) is -3.95. The molecule has 0 aliphatic rings. The molecule has 0 fully saturated rings. The van der Waals surface area contributed by atoms with Crippen LogP contribution in [-0.4, -0.2) is 35.3 Å². The maximum atomic E-state index is 14.1. The van der Waals surface area contributed by atoms with Gasteiger partial charge in [-0.25, -0.2) is 9.78 Å². The Kier molecular flexibility index (Phi) is 6.50. The molecule has 1 amide bonds. The zero-order valence-corrected chi connectivity index (χ0v) is 15.7. The van der Waals surface area contributed by atoms with E-state index in [4.69, 9.17) is 11.6 Å². The molecular formula is C18H17ClF3N3O3. The smallest absolute Gasteiger partial charge is 0.441 e. The van der Waals surface area contributed by atoms with Crippen molar-refractivity contribution in [2.45, 2.75) is 25.7 Å². The van der Waals surface area contributed by atoms with Gasteiger partial charge in [-0.15, -0.1) is 0 Å². The first kappa shape index (κ1) is 21.5. The van der Waals surface area contributed by atoms with E-state index in [0.29, 0.717) is 5.56 Å². The lowest BCUT2D eigenvalue weighted by atomic mass is 10.1. The molecule has 1 heterocycles. The predicted octanol–water partition coefficient (Wildman–Crippen LogP) is 3.71. The van der Waals surface area contributed by atoms with Gasteiger partial charge in [0.25, 0.3) is 5.91 Å². The molecule has 2 N–H and O–H groups in total. The Bertz CT molecular complexity index is 859. The molecule has 10 heteroatoms. The number of anilines is 1. The molecule has 0 saturated heterocycles. The van der Waals surface area contributed by atoms with Gasteiger partial charge in [0.15, 0.2) is 0 Å². The van der Waals surface area contributed by atoms with Crippen LogP contribution in [0.2, 0.25) is 5.02 Å². The second kappa shape index (κ2) is 8.47. The number of rotatable bonds is 6. The number of nitrogens with one attached hydrogen (secondary N) is 2. The monoisotopic (exact) mass is 415 g/mol. The van der Waals surface area contributed by atoms with Crippen LogP contribution in [0.3, 0.4) is 0 Å². The highest BCUT2D eigenvalue weighted by atomic mass is 35.5. The van der Waals surface area contributed by atoms with Crippen molar-refractivity contribution >= 4 is 29.3 Å². The van der Waals surface area contributed by atoms with E-state index in [1.54, 1.807) is 12.2 Å². The van der Waals surface area contributed by atoms with Crippen molar-refractivity contribution in [3.05, 3.63) is 58.7 Å². The molecule has 0 aliphatic carbocycles. The Morgan fingerprint density at radius 1 is 1.18 bits per heavy atom. The molecule has 0 spiro atoms.